The topological polar surface area (TPSA) is 214 Å². The molecule has 2 aromatic rings. The van der Waals surface area contributed by atoms with Gasteiger partial charge in [0.15, 0.2) is 23.6 Å². The van der Waals surface area contributed by atoms with Crippen molar-refractivity contribution >= 4 is 5.78 Å². The number of hydrogen-bond acceptors (Lipinski definition) is 14. The lowest BCUT2D eigenvalue weighted by Crippen LogP contribution is -2.58. The van der Waals surface area contributed by atoms with Gasteiger partial charge < -0.3 is 64.2 Å². The van der Waals surface area contributed by atoms with E-state index in [-0.39, 0.29) is 48.0 Å². The highest BCUT2D eigenvalue weighted by Gasteiger charge is 2.44. The van der Waals surface area contributed by atoms with Crippen molar-refractivity contribution in [3.63, 3.8) is 0 Å². The van der Waals surface area contributed by atoms with Gasteiger partial charge in [0.05, 0.1) is 38.4 Å². The molecule has 7 N–H and O–H groups in total. The van der Waals surface area contributed by atoms with E-state index in [4.69, 9.17) is 28.4 Å². The highest BCUT2D eigenvalue weighted by Crippen LogP contribution is 2.43. The van der Waals surface area contributed by atoms with Gasteiger partial charge in [-0.05, 0) is 24.6 Å². The molecule has 42 heavy (non-hydrogen) atoms. The number of carbonyl (C=O) groups is 1. The molecule has 230 valence electrons. The summed E-state index contributed by atoms with van der Waals surface area (Å²) in [6.45, 7) is 1.27. The van der Waals surface area contributed by atoms with E-state index in [2.05, 4.69) is 0 Å². The van der Waals surface area contributed by atoms with E-state index in [1.165, 1.54) is 32.2 Å². The molecule has 0 aromatic heterocycles. The van der Waals surface area contributed by atoms with Crippen LogP contribution in [0.1, 0.15) is 41.8 Å². The van der Waals surface area contributed by atoms with Crippen LogP contribution in [0.25, 0.3) is 0 Å². The Bertz CT molecular complexity index is 1290. The van der Waals surface area contributed by atoms with Gasteiger partial charge in [-0.2, -0.15) is 0 Å². The quantitative estimate of drug-likeness (QED) is 0.223. The summed E-state index contributed by atoms with van der Waals surface area (Å²) in [4.78, 5) is 12.9. The number of ether oxygens (including phenoxy) is 6. The average Bonchev–Trinajstić information content (AvgIpc) is 2.95. The van der Waals surface area contributed by atoms with E-state index in [9.17, 15) is 40.5 Å². The molecule has 2 fully saturated rings. The maximum Gasteiger partial charge on any atom is 0.229 e. The molecule has 14 heteroatoms. The van der Waals surface area contributed by atoms with Gasteiger partial charge in [0, 0.05) is 18.6 Å². The Balaban J connectivity index is 1.28. The van der Waals surface area contributed by atoms with E-state index < -0.39 is 72.9 Å². The number of aliphatic hydroxyl groups excluding tert-OH is 5. The molecule has 10 unspecified atom stereocenters. The zero-order valence-corrected chi connectivity index (χ0v) is 22.8. The molecule has 0 aliphatic carbocycles. The van der Waals surface area contributed by atoms with E-state index in [0.717, 1.165) is 6.07 Å². The molecule has 0 amide bonds. The third-order valence-corrected chi connectivity index (χ3v) is 7.56. The maximum absolute atomic E-state index is 12.9. The largest absolute Gasteiger partial charge is 0.507 e. The van der Waals surface area contributed by atoms with E-state index >= 15 is 0 Å². The number of methoxy groups -OCH3 is 1. The Morgan fingerprint density at radius 2 is 1.67 bits per heavy atom. The van der Waals surface area contributed by atoms with Crippen LogP contribution in [0.5, 0.6) is 28.7 Å². The maximum atomic E-state index is 12.9. The van der Waals surface area contributed by atoms with Crippen molar-refractivity contribution in [1.82, 2.24) is 0 Å². The second-order valence-corrected chi connectivity index (χ2v) is 10.5. The first-order chi connectivity index (χ1) is 20.0. The number of hydrogen-bond donors (Lipinski definition) is 7. The molecule has 10 atom stereocenters. The van der Waals surface area contributed by atoms with Gasteiger partial charge in [-0.15, -0.1) is 0 Å². The molecule has 0 saturated carbocycles. The third-order valence-electron chi connectivity index (χ3n) is 7.56. The number of phenols is 2. The number of aliphatic hydroxyl groups is 5. The van der Waals surface area contributed by atoms with Gasteiger partial charge in [0.2, 0.25) is 6.29 Å². The minimum atomic E-state index is -1.53. The number of carbonyl (C=O) groups excluding carboxylic acids is 1. The van der Waals surface area contributed by atoms with Crippen molar-refractivity contribution in [1.29, 1.82) is 0 Å². The Labute approximate surface area is 240 Å². The minimum Gasteiger partial charge on any atom is -0.507 e. The summed E-state index contributed by atoms with van der Waals surface area (Å²) in [5, 5.41) is 71.7. The number of benzene rings is 2. The third kappa shape index (κ3) is 5.98. The summed E-state index contributed by atoms with van der Waals surface area (Å²) >= 11 is 0. The van der Waals surface area contributed by atoms with Crippen molar-refractivity contribution < 1.29 is 69.0 Å². The second kappa shape index (κ2) is 12.2. The van der Waals surface area contributed by atoms with Crippen LogP contribution in [0, 0.1) is 0 Å². The summed E-state index contributed by atoms with van der Waals surface area (Å²) in [5.41, 5.74) is 0.443. The fourth-order valence-electron chi connectivity index (χ4n) is 5.18. The molecular weight excluding hydrogens is 560 g/mol. The average molecular weight is 595 g/mol. The molecule has 5 rings (SSSR count). The monoisotopic (exact) mass is 594 g/mol. The molecule has 0 radical (unpaired) electrons. The lowest BCUT2D eigenvalue weighted by atomic mass is 9.95. The summed E-state index contributed by atoms with van der Waals surface area (Å²) in [6, 6.07) is 7.08. The van der Waals surface area contributed by atoms with Crippen LogP contribution in [0.2, 0.25) is 0 Å². The summed E-state index contributed by atoms with van der Waals surface area (Å²) < 4.78 is 33.5. The molecule has 2 aromatic carbocycles. The smallest absolute Gasteiger partial charge is 0.229 e. The van der Waals surface area contributed by atoms with Crippen LogP contribution < -0.4 is 14.2 Å². The summed E-state index contributed by atoms with van der Waals surface area (Å²) in [6.07, 6.45) is -12.4. The lowest BCUT2D eigenvalue weighted by Gasteiger charge is -2.40. The summed E-state index contributed by atoms with van der Waals surface area (Å²) in [5.74, 6) is -0.739. The minimum absolute atomic E-state index is 0.00517. The highest BCUT2D eigenvalue weighted by molar-refractivity contribution is 6.02. The molecule has 0 spiro atoms. The van der Waals surface area contributed by atoms with Gasteiger partial charge in [-0.1, -0.05) is 6.07 Å². The molecule has 3 heterocycles. The number of rotatable bonds is 7. The van der Waals surface area contributed by atoms with Crippen LogP contribution in [-0.4, -0.2) is 111 Å². The standard InChI is InChI=1S/C28H34O14/c1-11-23(33)25(35)26(36)27(39-11)38-10-14-7-18(32)24(34)28(41-14)40-13-6-16(30)22-17(31)9-20(42-21(22)8-13)12-3-4-19(37-2)15(29)5-12/h3-6,8,11,14,18,20,23-30,32-36H,7,9-10H2,1-2H3. The zero-order chi connectivity index (χ0) is 30.3. The van der Waals surface area contributed by atoms with Crippen LogP contribution in [-0.2, 0) is 14.2 Å². The fourth-order valence-corrected chi connectivity index (χ4v) is 5.18. The Kier molecular flexibility index (Phi) is 8.78. The highest BCUT2D eigenvalue weighted by atomic mass is 16.7. The normalized spacial score (nSPS) is 34.8. The molecule has 2 saturated heterocycles. The van der Waals surface area contributed by atoms with Crippen molar-refractivity contribution in [2.75, 3.05) is 13.7 Å². The van der Waals surface area contributed by atoms with Gasteiger partial charge in [-0.3, -0.25) is 4.79 Å². The summed E-state index contributed by atoms with van der Waals surface area (Å²) in [7, 11) is 1.41. The first kappa shape index (κ1) is 30.3. The van der Waals surface area contributed by atoms with Gasteiger partial charge in [0.1, 0.15) is 53.3 Å². The fraction of sp³-hybridized carbons (Fsp3) is 0.536. The number of aromatic hydroxyl groups is 2. The predicted molar refractivity (Wildman–Crippen MR) is 139 cm³/mol. The molecular formula is C28H34O14. The van der Waals surface area contributed by atoms with Crippen molar-refractivity contribution in [3.8, 4) is 28.7 Å². The van der Waals surface area contributed by atoms with Crippen molar-refractivity contribution in [2.45, 2.75) is 81.2 Å². The van der Waals surface area contributed by atoms with Crippen LogP contribution >= 0.6 is 0 Å². The zero-order valence-electron chi connectivity index (χ0n) is 22.8. The molecule has 14 nitrogen and oxygen atoms in total. The number of Topliss-reactive ketones (excluding diaryl/α,β-unsaturated/α-hetero) is 1. The molecule has 0 bridgehead atoms. The Hall–Kier alpha value is -3.21. The SMILES string of the molecule is COc1ccc(C2CC(=O)c3c(O)cc(OC4OC(COC5OC(C)C(O)C(O)C5O)CC(O)C4O)cc3O2)cc1O. The van der Waals surface area contributed by atoms with Gasteiger partial charge in [-0.25, -0.2) is 0 Å². The molecule has 3 aliphatic heterocycles. The molecule has 3 aliphatic rings. The van der Waals surface area contributed by atoms with Gasteiger partial charge >= 0.3 is 0 Å². The second-order valence-electron chi connectivity index (χ2n) is 10.5. The lowest BCUT2D eigenvalue weighted by molar-refractivity contribution is -0.307. The van der Waals surface area contributed by atoms with Crippen LogP contribution in [0.4, 0.5) is 0 Å². The van der Waals surface area contributed by atoms with E-state index in [0.29, 0.717) is 5.56 Å². The van der Waals surface area contributed by atoms with Crippen molar-refractivity contribution in [3.05, 3.63) is 41.5 Å². The first-order valence-electron chi connectivity index (χ1n) is 13.4. The Morgan fingerprint density at radius 3 is 2.38 bits per heavy atom. The van der Waals surface area contributed by atoms with Crippen LogP contribution in [0.15, 0.2) is 30.3 Å². The predicted octanol–water partition coefficient (Wildman–Crippen LogP) is -0.127. The number of ketones is 1. The Morgan fingerprint density at radius 1 is 0.905 bits per heavy atom. The van der Waals surface area contributed by atoms with E-state index in [1.54, 1.807) is 6.07 Å². The number of fused-ring (bicyclic) bond motifs is 1. The first-order valence-corrected chi connectivity index (χ1v) is 13.4. The van der Waals surface area contributed by atoms with Gasteiger partial charge in [0.25, 0.3) is 0 Å². The van der Waals surface area contributed by atoms with E-state index in [1.807, 2.05) is 0 Å². The van der Waals surface area contributed by atoms with Crippen molar-refractivity contribution in [2.24, 2.45) is 0 Å². The van der Waals surface area contributed by atoms with Crippen LogP contribution in [0.3, 0.4) is 0 Å². The number of phenolic OH excluding ortho intramolecular Hbond substituents is 2.